The summed E-state index contributed by atoms with van der Waals surface area (Å²) in [5.74, 6) is 0.154. The lowest BCUT2D eigenvalue weighted by Gasteiger charge is -2.38. The van der Waals surface area contributed by atoms with Crippen LogP contribution in [0.5, 0.6) is 0 Å². The normalized spacial score (nSPS) is 21.8. The SMILES string of the molecule is COCC1(CNC(=O)C2(c3cccc(Cl)c3)CCCC2)CCNCC1. The lowest BCUT2D eigenvalue weighted by molar-refractivity contribution is -0.127. The number of rotatable bonds is 6. The summed E-state index contributed by atoms with van der Waals surface area (Å²) in [6, 6.07) is 7.83. The fraction of sp³-hybridized carbons (Fsp3) is 0.650. The molecule has 0 unspecified atom stereocenters. The Morgan fingerprint density at radius 3 is 2.60 bits per heavy atom. The molecule has 0 spiro atoms. The maximum atomic E-state index is 13.3. The molecule has 2 N–H and O–H groups in total. The van der Waals surface area contributed by atoms with Gasteiger partial charge in [0.1, 0.15) is 0 Å². The van der Waals surface area contributed by atoms with Gasteiger partial charge in [-0.1, -0.05) is 36.6 Å². The Hall–Kier alpha value is -1.10. The van der Waals surface area contributed by atoms with Gasteiger partial charge < -0.3 is 15.4 Å². The Bertz CT molecular complexity index is 588. The first-order valence-electron chi connectivity index (χ1n) is 9.34. The van der Waals surface area contributed by atoms with Crippen molar-refractivity contribution in [2.75, 3.05) is 33.4 Å². The summed E-state index contributed by atoms with van der Waals surface area (Å²) in [6.07, 6.45) is 6.05. The Morgan fingerprint density at radius 2 is 1.96 bits per heavy atom. The minimum Gasteiger partial charge on any atom is -0.384 e. The molecule has 1 amide bonds. The molecule has 1 aliphatic heterocycles. The zero-order valence-electron chi connectivity index (χ0n) is 15.1. The number of benzene rings is 1. The van der Waals surface area contributed by atoms with Crippen molar-refractivity contribution in [3.05, 3.63) is 34.9 Å². The smallest absolute Gasteiger partial charge is 0.230 e. The van der Waals surface area contributed by atoms with E-state index in [0.717, 1.165) is 57.2 Å². The number of methoxy groups -OCH3 is 1. The number of hydrogen-bond acceptors (Lipinski definition) is 3. The summed E-state index contributed by atoms with van der Waals surface area (Å²) in [5, 5.41) is 7.39. The molecule has 1 saturated carbocycles. The molecule has 3 rings (SSSR count). The van der Waals surface area contributed by atoms with Gasteiger partial charge in [-0.3, -0.25) is 4.79 Å². The Morgan fingerprint density at radius 1 is 1.24 bits per heavy atom. The van der Waals surface area contributed by atoms with Gasteiger partial charge in [-0.05, 0) is 56.5 Å². The van der Waals surface area contributed by atoms with E-state index in [0.29, 0.717) is 18.2 Å². The maximum absolute atomic E-state index is 13.3. The van der Waals surface area contributed by atoms with Crippen molar-refractivity contribution in [1.82, 2.24) is 10.6 Å². The number of hydrogen-bond donors (Lipinski definition) is 2. The molecule has 1 aromatic carbocycles. The van der Waals surface area contributed by atoms with E-state index in [4.69, 9.17) is 16.3 Å². The number of carbonyl (C=O) groups is 1. The summed E-state index contributed by atoms with van der Waals surface area (Å²) in [6.45, 7) is 3.35. The van der Waals surface area contributed by atoms with Crippen LogP contribution < -0.4 is 10.6 Å². The summed E-state index contributed by atoms with van der Waals surface area (Å²) in [4.78, 5) is 13.3. The van der Waals surface area contributed by atoms with Crippen LogP contribution in [0.1, 0.15) is 44.1 Å². The van der Waals surface area contributed by atoms with Crippen LogP contribution in [0.25, 0.3) is 0 Å². The predicted molar refractivity (Wildman–Crippen MR) is 101 cm³/mol. The summed E-state index contributed by atoms with van der Waals surface area (Å²) < 4.78 is 5.47. The van der Waals surface area contributed by atoms with E-state index in [1.165, 1.54) is 0 Å². The number of piperidine rings is 1. The molecule has 2 aliphatic rings. The average Bonchev–Trinajstić information content (AvgIpc) is 3.12. The highest BCUT2D eigenvalue weighted by Crippen LogP contribution is 2.42. The summed E-state index contributed by atoms with van der Waals surface area (Å²) >= 11 is 6.20. The van der Waals surface area contributed by atoms with Gasteiger partial charge in [-0.25, -0.2) is 0 Å². The van der Waals surface area contributed by atoms with E-state index in [-0.39, 0.29) is 11.3 Å². The van der Waals surface area contributed by atoms with Crippen molar-refractivity contribution >= 4 is 17.5 Å². The zero-order chi connectivity index (χ0) is 17.8. The van der Waals surface area contributed by atoms with Crippen molar-refractivity contribution in [3.63, 3.8) is 0 Å². The van der Waals surface area contributed by atoms with Crippen LogP contribution in [0.4, 0.5) is 0 Å². The molecule has 4 nitrogen and oxygen atoms in total. The monoisotopic (exact) mass is 364 g/mol. The van der Waals surface area contributed by atoms with E-state index in [9.17, 15) is 4.79 Å². The van der Waals surface area contributed by atoms with E-state index < -0.39 is 5.41 Å². The van der Waals surface area contributed by atoms with Gasteiger partial charge in [0.15, 0.2) is 0 Å². The Labute approximate surface area is 155 Å². The minimum atomic E-state index is -0.425. The highest BCUT2D eigenvalue weighted by Gasteiger charge is 2.43. The van der Waals surface area contributed by atoms with Crippen molar-refractivity contribution in [3.8, 4) is 0 Å². The van der Waals surface area contributed by atoms with Crippen LogP contribution in [-0.2, 0) is 14.9 Å². The first kappa shape index (κ1) is 18.7. The van der Waals surface area contributed by atoms with Crippen LogP contribution in [-0.4, -0.2) is 39.3 Å². The van der Waals surface area contributed by atoms with Crippen molar-refractivity contribution in [2.24, 2.45) is 5.41 Å². The summed E-state index contributed by atoms with van der Waals surface area (Å²) in [7, 11) is 1.75. The van der Waals surface area contributed by atoms with Gasteiger partial charge in [0, 0.05) is 24.1 Å². The van der Waals surface area contributed by atoms with Crippen molar-refractivity contribution in [1.29, 1.82) is 0 Å². The molecule has 1 aliphatic carbocycles. The molecule has 0 atom stereocenters. The molecular formula is C20H29ClN2O2. The predicted octanol–water partition coefficient (Wildman–Crippen LogP) is 3.28. The number of halogens is 1. The molecule has 138 valence electrons. The average molecular weight is 365 g/mol. The van der Waals surface area contributed by atoms with Crippen LogP contribution in [0.3, 0.4) is 0 Å². The van der Waals surface area contributed by atoms with Crippen LogP contribution in [0.2, 0.25) is 5.02 Å². The lowest BCUT2D eigenvalue weighted by Crippen LogP contribution is -2.51. The number of carbonyl (C=O) groups excluding carboxylic acids is 1. The Kier molecular flexibility index (Phi) is 6.03. The van der Waals surface area contributed by atoms with Gasteiger partial charge in [0.2, 0.25) is 5.91 Å². The van der Waals surface area contributed by atoms with Crippen molar-refractivity contribution < 1.29 is 9.53 Å². The van der Waals surface area contributed by atoms with Gasteiger partial charge >= 0.3 is 0 Å². The van der Waals surface area contributed by atoms with Gasteiger partial charge in [-0.15, -0.1) is 0 Å². The van der Waals surface area contributed by atoms with E-state index in [1.807, 2.05) is 24.3 Å². The van der Waals surface area contributed by atoms with Crippen LogP contribution in [0, 0.1) is 5.41 Å². The largest absolute Gasteiger partial charge is 0.384 e. The van der Waals surface area contributed by atoms with Crippen molar-refractivity contribution in [2.45, 2.75) is 43.9 Å². The fourth-order valence-electron chi connectivity index (χ4n) is 4.48. The zero-order valence-corrected chi connectivity index (χ0v) is 15.8. The van der Waals surface area contributed by atoms with Gasteiger partial charge in [0.25, 0.3) is 0 Å². The first-order valence-corrected chi connectivity index (χ1v) is 9.72. The third kappa shape index (κ3) is 4.02. The number of amides is 1. The molecule has 0 bridgehead atoms. The number of ether oxygens (including phenoxy) is 1. The van der Waals surface area contributed by atoms with E-state index >= 15 is 0 Å². The maximum Gasteiger partial charge on any atom is 0.230 e. The molecule has 25 heavy (non-hydrogen) atoms. The quantitative estimate of drug-likeness (QED) is 0.814. The molecule has 1 saturated heterocycles. The van der Waals surface area contributed by atoms with Gasteiger partial charge in [0.05, 0.1) is 12.0 Å². The lowest BCUT2D eigenvalue weighted by atomic mass is 9.76. The van der Waals surface area contributed by atoms with E-state index in [2.05, 4.69) is 10.6 Å². The second kappa shape index (κ2) is 8.07. The van der Waals surface area contributed by atoms with E-state index in [1.54, 1.807) is 7.11 Å². The molecule has 0 aromatic heterocycles. The van der Waals surface area contributed by atoms with Gasteiger partial charge in [-0.2, -0.15) is 0 Å². The highest BCUT2D eigenvalue weighted by atomic mass is 35.5. The second-order valence-corrected chi connectivity index (χ2v) is 8.10. The second-order valence-electron chi connectivity index (χ2n) is 7.67. The highest BCUT2D eigenvalue weighted by molar-refractivity contribution is 6.30. The minimum absolute atomic E-state index is 0.0454. The molecule has 2 fully saturated rings. The third-order valence-corrected chi connectivity index (χ3v) is 6.24. The topological polar surface area (TPSA) is 50.4 Å². The summed E-state index contributed by atoms with van der Waals surface area (Å²) in [5.41, 5.74) is 0.677. The van der Waals surface area contributed by atoms with Crippen LogP contribution >= 0.6 is 11.6 Å². The third-order valence-electron chi connectivity index (χ3n) is 6.01. The molecule has 0 radical (unpaired) electrons. The number of nitrogens with one attached hydrogen (secondary N) is 2. The molecule has 5 heteroatoms. The molecule has 1 heterocycles. The first-order chi connectivity index (χ1) is 12.1. The standard InChI is InChI=1S/C20H29ClN2O2/c1-25-15-19(9-11-22-12-10-19)14-23-18(24)20(7-2-3-8-20)16-5-4-6-17(21)13-16/h4-6,13,22H,2-3,7-12,14-15H2,1H3,(H,23,24). The van der Waals surface area contributed by atoms with Crippen LogP contribution in [0.15, 0.2) is 24.3 Å². The molecular weight excluding hydrogens is 336 g/mol. The Balaban J connectivity index is 1.75. The fourth-order valence-corrected chi connectivity index (χ4v) is 4.67. The molecule has 1 aromatic rings.